The third kappa shape index (κ3) is 8.37. The molecule has 0 heteroatoms. The standard InChI is InChI=1S/C42H56/c1-9-11-29(2)12-10-13-32(5)37-18-20-38(21-19-37)39-22-24-40(25-23-39)42-33(6)28-41(34(7)35(42)8)27-31(4)26-36-16-14-30(3)15-17-36/h18-25,28-30,36H,4-5,9-17,26-27H2,1-3,6-8H3. The van der Waals surface area contributed by atoms with Crippen LogP contribution in [0.15, 0.2) is 73.3 Å². The van der Waals surface area contributed by atoms with E-state index in [1.165, 1.54) is 119 Å². The van der Waals surface area contributed by atoms with E-state index >= 15 is 0 Å². The first-order chi connectivity index (χ1) is 20.2. The molecule has 4 rings (SSSR count). The van der Waals surface area contributed by atoms with Crippen molar-refractivity contribution < 1.29 is 0 Å². The molecule has 0 bridgehead atoms. The van der Waals surface area contributed by atoms with Crippen LogP contribution in [-0.2, 0) is 6.42 Å². The number of hydrogen-bond acceptors (Lipinski definition) is 0. The second-order valence-electron chi connectivity index (χ2n) is 13.8. The smallest absolute Gasteiger partial charge is 0.00669 e. The molecule has 224 valence electrons. The van der Waals surface area contributed by atoms with Gasteiger partial charge in [-0.3, -0.25) is 0 Å². The van der Waals surface area contributed by atoms with Crippen LogP contribution in [-0.4, -0.2) is 0 Å². The molecular weight excluding hydrogens is 504 g/mol. The first-order valence-corrected chi connectivity index (χ1v) is 16.8. The number of rotatable bonds is 13. The van der Waals surface area contributed by atoms with Crippen LogP contribution in [0.3, 0.4) is 0 Å². The Labute approximate surface area is 258 Å². The van der Waals surface area contributed by atoms with Crippen LogP contribution in [0.4, 0.5) is 0 Å². The van der Waals surface area contributed by atoms with Crippen molar-refractivity contribution in [1.82, 2.24) is 0 Å². The first kappa shape index (κ1) is 32.1. The number of aryl methyl sites for hydroxylation is 1. The average molecular weight is 561 g/mol. The highest BCUT2D eigenvalue weighted by molar-refractivity contribution is 5.76. The van der Waals surface area contributed by atoms with Crippen molar-refractivity contribution in [1.29, 1.82) is 0 Å². The summed E-state index contributed by atoms with van der Waals surface area (Å²) in [4.78, 5) is 0. The van der Waals surface area contributed by atoms with E-state index in [-0.39, 0.29) is 0 Å². The molecule has 3 aromatic rings. The van der Waals surface area contributed by atoms with Gasteiger partial charge in [0.15, 0.2) is 0 Å². The molecule has 0 heterocycles. The SMILES string of the molecule is C=C(Cc1cc(C)c(-c2ccc(-c3ccc(C(=C)CCCC(C)CCC)cc3)cc2)c(C)c1C)CC1CCC(C)CC1. The molecule has 1 fully saturated rings. The van der Waals surface area contributed by atoms with E-state index in [1.807, 2.05) is 0 Å². The second kappa shape index (κ2) is 15.0. The maximum Gasteiger partial charge on any atom is -0.00669 e. The summed E-state index contributed by atoms with van der Waals surface area (Å²) in [6, 6.07) is 20.6. The molecule has 42 heavy (non-hydrogen) atoms. The van der Waals surface area contributed by atoms with E-state index in [4.69, 9.17) is 0 Å². The van der Waals surface area contributed by atoms with E-state index in [0.717, 1.165) is 30.6 Å². The molecule has 1 saturated carbocycles. The lowest BCUT2D eigenvalue weighted by molar-refractivity contribution is 0.288. The van der Waals surface area contributed by atoms with E-state index in [2.05, 4.69) is 109 Å². The summed E-state index contributed by atoms with van der Waals surface area (Å²) >= 11 is 0. The molecule has 1 atom stereocenters. The molecule has 0 N–H and O–H groups in total. The van der Waals surface area contributed by atoms with Crippen molar-refractivity contribution >= 4 is 5.57 Å². The fourth-order valence-electron chi connectivity index (χ4n) is 7.25. The maximum absolute atomic E-state index is 4.52. The van der Waals surface area contributed by atoms with Gasteiger partial charge >= 0.3 is 0 Å². The molecule has 3 aromatic carbocycles. The van der Waals surface area contributed by atoms with Crippen LogP contribution >= 0.6 is 0 Å². The quantitative estimate of drug-likeness (QED) is 0.182. The van der Waals surface area contributed by atoms with Gasteiger partial charge < -0.3 is 0 Å². The predicted molar refractivity (Wildman–Crippen MR) is 187 cm³/mol. The van der Waals surface area contributed by atoms with Gasteiger partial charge in [-0.15, -0.1) is 0 Å². The van der Waals surface area contributed by atoms with Gasteiger partial charge in [0.2, 0.25) is 0 Å². The Hall–Kier alpha value is -2.86. The Morgan fingerprint density at radius 2 is 1.40 bits per heavy atom. The van der Waals surface area contributed by atoms with Crippen molar-refractivity contribution in [3.05, 3.63) is 101 Å². The lowest BCUT2D eigenvalue weighted by Gasteiger charge is -2.27. The van der Waals surface area contributed by atoms with Crippen LogP contribution in [0, 0.1) is 38.5 Å². The fourth-order valence-corrected chi connectivity index (χ4v) is 7.25. The second-order valence-corrected chi connectivity index (χ2v) is 13.8. The lowest BCUT2D eigenvalue weighted by Crippen LogP contribution is -2.13. The average Bonchev–Trinajstić information content (AvgIpc) is 2.97. The summed E-state index contributed by atoms with van der Waals surface area (Å²) in [5.74, 6) is 2.57. The Balaban J connectivity index is 1.40. The minimum atomic E-state index is 0.822. The molecule has 0 saturated heterocycles. The van der Waals surface area contributed by atoms with Crippen LogP contribution < -0.4 is 0 Å². The van der Waals surface area contributed by atoms with E-state index in [1.54, 1.807) is 0 Å². The largest absolute Gasteiger partial charge is 0.0995 e. The van der Waals surface area contributed by atoms with Gasteiger partial charge in [-0.1, -0.05) is 126 Å². The summed E-state index contributed by atoms with van der Waals surface area (Å²) in [5, 5.41) is 0. The van der Waals surface area contributed by atoms with Gasteiger partial charge in [0, 0.05) is 0 Å². The molecule has 1 unspecified atom stereocenters. The minimum absolute atomic E-state index is 0.822. The lowest BCUT2D eigenvalue weighted by atomic mass is 9.79. The van der Waals surface area contributed by atoms with E-state index in [9.17, 15) is 0 Å². The van der Waals surface area contributed by atoms with Crippen molar-refractivity contribution in [3.63, 3.8) is 0 Å². The zero-order valence-corrected chi connectivity index (χ0v) is 27.6. The molecule has 0 nitrogen and oxygen atoms in total. The normalized spacial score (nSPS) is 17.7. The van der Waals surface area contributed by atoms with Gasteiger partial charge in [-0.25, -0.2) is 0 Å². The van der Waals surface area contributed by atoms with Gasteiger partial charge in [0.1, 0.15) is 0 Å². The van der Waals surface area contributed by atoms with Crippen LogP contribution in [0.1, 0.15) is 113 Å². The Morgan fingerprint density at radius 1 is 0.810 bits per heavy atom. The predicted octanol–water partition coefficient (Wildman–Crippen LogP) is 12.9. The molecule has 0 spiro atoms. The van der Waals surface area contributed by atoms with Crippen LogP contribution in [0.2, 0.25) is 0 Å². The first-order valence-electron chi connectivity index (χ1n) is 16.8. The Kier molecular flexibility index (Phi) is 11.5. The molecular formula is C42H56. The third-order valence-corrected chi connectivity index (χ3v) is 10.1. The fraction of sp³-hybridized carbons (Fsp3) is 0.476. The van der Waals surface area contributed by atoms with E-state index < -0.39 is 0 Å². The highest BCUT2D eigenvalue weighted by atomic mass is 14.3. The highest BCUT2D eigenvalue weighted by Crippen LogP contribution is 2.36. The molecule has 0 radical (unpaired) electrons. The van der Waals surface area contributed by atoms with Crippen molar-refractivity contribution in [2.75, 3.05) is 0 Å². The van der Waals surface area contributed by atoms with Crippen molar-refractivity contribution in [2.24, 2.45) is 17.8 Å². The monoisotopic (exact) mass is 560 g/mol. The number of benzene rings is 3. The summed E-state index contributed by atoms with van der Waals surface area (Å²) in [6.45, 7) is 22.8. The number of allylic oxidation sites excluding steroid dienone is 2. The molecule has 0 amide bonds. The molecule has 0 aliphatic heterocycles. The highest BCUT2D eigenvalue weighted by Gasteiger charge is 2.20. The summed E-state index contributed by atoms with van der Waals surface area (Å²) < 4.78 is 0. The summed E-state index contributed by atoms with van der Waals surface area (Å²) in [6.07, 6.45) is 14.0. The van der Waals surface area contributed by atoms with Crippen molar-refractivity contribution in [2.45, 2.75) is 112 Å². The third-order valence-electron chi connectivity index (χ3n) is 10.1. The van der Waals surface area contributed by atoms with Gasteiger partial charge in [-0.05, 0) is 133 Å². The minimum Gasteiger partial charge on any atom is -0.0995 e. The van der Waals surface area contributed by atoms with Crippen LogP contribution in [0.5, 0.6) is 0 Å². The molecule has 1 aliphatic carbocycles. The maximum atomic E-state index is 4.52. The van der Waals surface area contributed by atoms with Crippen molar-refractivity contribution in [3.8, 4) is 22.3 Å². The molecule has 0 aromatic heterocycles. The van der Waals surface area contributed by atoms with Gasteiger partial charge in [0.05, 0.1) is 0 Å². The van der Waals surface area contributed by atoms with Gasteiger partial charge in [-0.2, -0.15) is 0 Å². The summed E-state index contributed by atoms with van der Waals surface area (Å²) in [5.41, 5.74) is 14.8. The Morgan fingerprint density at radius 3 is 2.02 bits per heavy atom. The zero-order chi connectivity index (χ0) is 30.2. The topological polar surface area (TPSA) is 0 Å². The number of hydrogen-bond donors (Lipinski definition) is 0. The summed E-state index contributed by atoms with van der Waals surface area (Å²) in [7, 11) is 0. The Bertz CT molecular complexity index is 1330. The van der Waals surface area contributed by atoms with Gasteiger partial charge in [0.25, 0.3) is 0 Å². The van der Waals surface area contributed by atoms with E-state index in [0.29, 0.717) is 0 Å². The van der Waals surface area contributed by atoms with Crippen LogP contribution in [0.25, 0.3) is 27.8 Å². The molecule has 1 aliphatic rings. The zero-order valence-electron chi connectivity index (χ0n) is 27.6.